The van der Waals surface area contributed by atoms with Gasteiger partial charge in [-0.25, -0.2) is 9.78 Å². The van der Waals surface area contributed by atoms with Crippen LogP contribution in [0.25, 0.3) is 21.3 Å². The van der Waals surface area contributed by atoms with Gasteiger partial charge in [-0.2, -0.15) is 0 Å². The van der Waals surface area contributed by atoms with Gasteiger partial charge in [-0.3, -0.25) is 14.3 Å². The number of rotatable bonds is 3. The number of aromatic nitrogens is 3. The number of carbonyl (C=O) groups is 1. The summed E-state index contributed by atoms with van der Waals surface area (Å²) in [7, 11) is 0. The van der Waals surface area contributed by atoms with E-state index in [1.807, 2.05) is 45.9 Å². The quantitative estimate of drug-likeness (QED) is 0.204. The number of pyridine rings is 1. The molecule has 0 saturated carbocycles. The molecule has 4 aromatic rings. The van der Waals surface area contributed by atoms with Gasteiger partial charge in [0.2, 0.25) is 0 Å². The summed E-state index contributed by atoms with van der Waals surface area (Å²) in [5.41, 5.74) is 4.00. The number of benzene rings is 1. The lowest BCUT2D eigenvalue weighted by atomic mass is 9.91. The second kappa shape index (κ2) is 10.6. The van der Waals surface area contributed by atoms with Crippen LogP contribution in [0.1, 0.15) is 60.2 Å². The number of halogens is 1. The average Bonchev–Trinajstić information content (AvgIpc) is 3.58. The number of esters is 1. The predicted octanol–water partition coefficient (Wildman–Crippen LogP) is 6.19. The third-order valence-electron chi connectivity index (χ3n) is 7.15. The van der Waals surface area contributed by atoms with Gasteiger partial charge >= 0.3 is 5.97 Å². The Hall–Kier alpha value is -4.13. The lowest BCUT2D eigenvalue weighted by molar-refractivity contribution is -0.149. The molecule has 1 aliphatic heterocycles. The van der Waals surface area contributed by atoms with Gasteiger partial charge in [0, 0.05) is 45.3 Å². The lowest BCUT2D eigenvalue weighted by Crippen LogP contribution is -2.42. The molecule has 1 aromatic carbocycles. The molecule has 0 unspecified atom stereocenters. The molecule has 0 radical (unpaired) electrons. The van der Waals surface area contributed by atoms with Crippen molar-refractivity contribution in [1.82, 2.24) is 14.5 Å². The molecule has 0 fully saturated rings. The van der Waals surface area contributed by atoms with Crippen LogP contribution < -0.4 is 5.56 Å². The number of ether oxygens (including phenoxy) is 3. The Bertz CT molecular complexity index is 1880. The lowest BCUT2D eigenvalue weighted by Gasteiger charge is -2.32. The molecule has 0 bridgehead atoms. The van der Waals surface area contributed by atoms with E-state index in [4.69, 9.17) is 30.8 Å². The first-order valence-electron chi connectivity index (χ1n) is 13.5. The van der Waals surface area contributed by atoms with Crippen LogP contribution in [0.4, 0.5) is 0 Å². The second-order valence-corrected chi connectivity index (χ2v) is 12.6. The first kappa shape index (κ1) is 28.0. The molecule has 6 rings (SSSR count). The zero-order chi connectivity index (χ0) is 29.6. The summed E-state index contributed by atoms with van der Waals surface area (Å²) in [6.07, 6.45) is 6.27. The van der Waals surface area contributed by atoms with Crippen molar-refractivity contribution >= 4 is 39.1 Å². The van der Waals surface area contributed by atoms with Gasteiger partial charge < -0.3 is 14.2 Å². The van der Waals surface area contributed by atoms with Gasteiger partial charge in [-0.1, -0.05) is 23.4 Å². The summed E-state index contributed by atoms with van der Waals surface area (Å²) in [6.45, 7) is 7.47. The molecule has 0 N–H and O–H groups in total. The van der Waals surface area contributed by atoms with Gasteiger partial charge in [-0.15, -0.1) is 11.3 Å². The maximum atomic E-state index is 13.5. The third-order valence-corrected chi connectivity index (χ3v) is 8.39. The van der Waals surface area contributed by atoms with Crippen molar-refractivity contribution in [3.63, 3.8) is 0 Å². The molecule has 1 spiro atoms. The van der Waals surface area contributed by atoms with Gasteiger partial charge in [-0.05, 0) is 58.4 Å². The van der Waals surface area contributed by atoms with E-state index in [2.05, 4.69) is 16.8 Å². The Morgan fingerprint density at radius 3 is 2.76 bits per heavy atom. The van der Waals surface area contributed by atoms with Crippen LogP contribution in [-0.4, -0.2) is 31.9 Å². The van der Waals surface area contributed by atoms with Crippen molar-refractivity contribution in [1.29, 1.82) is 0 Å². The molecule has 3 aromatic heterocycles. The molecule has 8 nitrogen and oxygen atoms in total. The third kappa shape index (κ3) is 5.28. The predicted molar refractivity (Wildman–Crippen MR) is 161 cm³/mol. The van der Waals surface area contributed by atoms with E-state index >= 15 is 0 Å². The van der Waals surface area contributed by atoms with Gasteiger partial charge in [0.25, 0.3) is 11.3 Å². The minimum Gasteiger partial charge on any atom is -0.456 e. The Kier molecular flexibility index (Phi) is 7.08. The number of hydrogen-bond acceptors (Lipinski definition) is 8. The summed E-state index contributed by atoms with van der Waals surface area (Å²) < 4.78 is 19.4. The van der Waals surface area contributed by atoms with E-state index < -0.39 is 17.4 Å². The number of hydrogen-bond donors (Lipinski definition) is 0. The molecule has 10 heteroatoms. The van der Waals surface area contributed by atoms with Crippen molar-refractivity contribution in [2.45, 2.75) is 64.9 Å². The summed E-state index contributed by atoms with van der Waals surface area (Å²) >= 11 is 7.84. The Morgan fingerprint density at radius 2 is 2.00 bits per heavy atom. The van der Waals surface area contributed by atoms with E-state index in [0.29, 0.717) is 46.8 Å². The Labute approximate surface area is 251 Å². The fourth-order valence-corrected chi connectivity index (χ4v) is 6.41. The molecule has 0 saturated heterocycles. The van der Waals surface area contributed by atoms with Crippen LogP contribution in [-0.2, 0) is 33.6 Å². The van der Waals surface area contributed by atoms with E-state index in [1.165, 1.54) is 23.9 Å². The highest BCUT2D eigenvalue weighted by Gasteiger charge is 2.41. The number of thiophene rings is 1. The molecule has 1 aliphatic carbocycles. The summed E-state index contributed by atoms with van der Waals surface area (Å²) in [6, 6.07) is 7.36. The maximum Gasteiger partial charge on any atom is 0.341 e. The van der Waals surface area contributed by atoms with E-state index in [1.54, 1.807) is 22.2 Å². The largest absolute Gasteiger partial charge is 0.456 e. The monoisotopic (exact) mass is 601 g/mol. The molecular formula is C32H28ClN3O5S. The highest BCUT2D eigenvalue weighted by atomic mass is 35.5. The molecule has 4 heterocycles. The average molecular weight is 602 g/mol. The molecule has 214 valence electrons. The summed E-state index contributed by atoms with van der Waals surface area (Å²) in [5, 5.41) is 2.32. The van der Waals surface area contributed by atoms with Crippen LogP contribution in [0, 0.1) is 18.8 Å². The normalized spacial score (nSPS) is 15.1. The van der Waals surface area contributed by atoms with Crippen LogP contribution in [0.5, 0.6) is 0 Å². The molecule has 0 atom stereocenters. The van der Waals surface area contributed by atoms with Gasteiger partial charge in [0.1, 0.15) is 23.9 Å². The highest BCUT2D eigenvalue weighted by Crippen LogP contribution is 2.37. The van der Waals surface area contributed by atoms with Crippen LogP contribution in [0.2, 0.25) is 5.02 Å². The fraction of sp³-hybridized carbons (Fsp3) is 0.312. The SMILES string of the molecule is Cc1nc2c(c(=O)n1CC#Cc1ccc(Cl)cc1-c1ccnc3c(C(=O)OC(C)(C)C)csc13)CC1(CC2)OC=CO1. The van der Waals surface area contributed by atoms with Crippen LogP contribution >= 0.6 is 22.9 Å². The maximum absolute atomic E-state index is 13.5. The standard InChI is InChI=1S/C32H28ClN3O5S/c1-19-35-26-9-11-32(39-14-15-40-32)17-24(26)29(37)36(19)13-5-6-20-7-8-21(33)16-23(20)22-10-12-34-27-25(18-42-28(22)27)30(38)41-31(2,3)4/h7-8,10,12,14-16,18H,9,11,13,17H2,1-4H3. The van der Waals surface area contributed by atoms with Gasteiger partial charge in [0.05, 0.1) is 34.4 Å². The minimum absolute atomic E-state index is 0.134. The zero-order valence-corrected chi connectivity index (χ0v) is 25.2. The summed E-state index contributed by atoms with van der Waals surface area (Å²) in [5.74, 6) is 5.76. The van der Waals surface area contributed by atoms with Crippen molar-refractivity contribution in [2.24, 2.45) is 0 Å². The highest BCUT2D eigenvalue weighted by molar-refractivity contribution is 7.18. The number of nitrogens with zero attached hydrogens (tertiary/aromatic N) is 3. The minimum atomic E-state index is -0.828. The van der Waals surface area contributed by atoms with Crippen LogP contribution in [0.3, 0.4) is 0 Å². The van der Waals surface area contributed by atoms with Gasteiger partial charge in [0.15, 0.2) is 0 Å². The molecule has 0 amide bonds. The van der Waals surface area contributed by atoms with Crippen molar-refractivity contribution in [3.8, 4) is 23.0 Å². The van der Waals surface area contributed by atoms with E-state index in [9.17, 15) is 9.59 Å². The molecular weight excluding hydrogens is 574 g/mol. The van der Waals surface area contributed by atoms with Crippen molar-refractivity contribution in [2.75, 3.05) is 0 Å². The first-order valence-corrected chi connectivity index (χ1v) is 14.8. The first-order chi connectivity index (χ1) is 20.0. The van der Waals surface area contributed by atoms with E-state index in [-0.39, 0.29) is 12.1 Å². The topological polar surface area (TPSA) is 92.5 Å². The molecule has 2 aliphatic rings. The number of aryl methyl sites for hydroxylation is 2. The molecule has 42 heavy (non-hydrogen) atoms. The fourth-order valence-electron chi connectivity index (χ4n) is 5.21. The number of fused-ring (bicyclic) bond motifs is 2. The Balaban J connectivity index is 1.34. The second-order valence-electron chi connectivity index (χ2n) is 11.3. The van der Waals surface area contributed by atoms with Crippen molar-refractivity contribution in [3.05, 3.63) is 92.0 Å². The number of carbonyl (C=O) groups excluding carboxylic acids is 1. The Morgan fingerprint density at radius 1 is 1.21 bits per heavy atom. The van der Waals surface area contributed by atoms with Crippen molar-refractivity contribution < 1.29 is 19.0 Å². The smallest absolute Gasteiger partial charge is 0.341 e. The summed E-state index contributed by atoms with van der Waals surface area (Å²) in [4.78, 5) is 35.5. The van der Waals surface area contributed by atoms with E-state index in [0.717, 1.165) is 27.1 Å². The zero-order valence-electron chi connectivity index (χ0n) is 23.6. The van der Waals surface area contributed by atoms with Crippen LogP contribution in [0.15, 0.2) is 53.2 Å².